The van der Waals surface area contributed by atoms with Crippen LogP contribution in [-0.4, -0.2) is 60.7 Å². The summed E-state index contributed by atoms with van der Waals surface area (Å²) >= 11 is 0. The highest BCUT2D eigenvalue weighted by molar-refractivity contribution is 5.98. The van der Waals surface area contributed by atoms with Crippen molar-refractivity contribution in [2.75, 3.05) is 39.3 Å². The second-order valence-electron chi connectivity index (χ2n) is 7.64. The zero-order chi connectivity index (χ0) is 17.4. The second kappa shape index (κ2) is 6.50. The van der Waals surface area contributed by atoms with Gasteiger partial charge in [0.1, 0.15) is 5.82 Å². The van der Waals surface area contributed by atoms with Crippen molar-refractivity contribution in [3.63, 3.8) is 0 Å². The van der Waals surface area contributed by atoms with Gasteiger partial charge in [0.05, 0.1) is 5.71 Å². The van der Waals surface area contributed by atoms with Gasteiger partial charge in [-0.05, 0) is 30.7 Å². The number of carbonyl (C=O) groups is 1. The molecule has 1 aromatic carbocycles. The summed E-state index contributed by atoms with van der Waals surface area (Å²) in [7, 11) is 0. The third kappa shape index (κ3) is 3.09. The molecule has 5 nitrogen and oxygen atoms in total. The fourth-order valence-electron chi connectivity index (χ4n) is 4.86. The number of halogens is 1. The molecule has 1 N–H and O–H groups in total. The Morgan fingerprint density at radius 3 is 2.48 bits per heavy atom. The molecule has 4 bridgehead atoms. The third-order valence-electron chi connectivity index (χ3n) is 5.79. The number of carbonyl (C=O) groups excluding carboxylic acids is 1. The first-order chi connectivity index (χ1) is 12.1. The molecule has 0 radical (unpaired) electrons. The first-order valence-electron chi connectivity index (χ1n) is 9.18. The van der Waals surface area contributed by atoms with E-state index in [1.54, 1.807) is 0 Å². The molecule has 4 aliphatic heterocycles. The summed E-state index contributed by atoms with van der Waals surface area (Å²) < 4.78 is 13.0. The van der Waals surface area contributed by atoms with Gasteiger partial charge in [0, 0.05) is 56.2 Å². The Morgan fingerprint density at radius 2 is 1.88 bits per heavy atom. The molecule has 2 unspecified atom stereocenters. The van der Waals surface area contributed by atoms with Gasteiger partial charge in [-0.1, -0.05) is 13.3 Å². The molecule has 4 saturated heterocycles. The first kappa shape index (κ1) is 16.7. The number of rotatable bonds is 4. The van der Waals surface area contributed by atoms with Gasteiger partial charge in [-0.2, -0.15) is 5.10 Å². The van der Waals surface area contributed by atoms with E-state index in [4.69, 9.17) is 0 Å². The van der Waals surface area contributed by atoms with Crippen LogP contribution < -0.4 is 5.43 Å². The van der Waals surface area contributed by atoms with Crippen LogP contribution in [0.5, 0.6) is 0 Å². The van der Waals surface area contributed by atoms with Crippen LogP contribution in [0.25, 0.3) is 0 Å². The summed E-state index contributed by atoms with van der Waals surface area (Å²) in [5.74, 6) is -0.221. The molecule has 4 fully saturated rings. The van der Waals surface area contributed by atoms with Gasteiger partial charge < -0.3 is 9.80 Å². The minimum absolute atomic E-state index is 0.0580. The molecule has 1 aromatic rings. The molecule has 5 rings (SSSR count). The maximum atomic E-state index is 13.0. The fourth-order valence-corrected chi connectivity index (χ4v) is 4.86. The quantitative estimate of drug-likeness (QED) is 0.850. The molecular formula is C19H25FN4O. The third-order valence-corrected chi connectivity index (χ3v) is 5.79. The maximum Gasteiger partial charge on any atom is 0.271 e. The van der Waals surface area contributed by atoms with Gasteiger partial charge in [-0.15, -0.1) is 0 Å². The zero-order valence-corrected chi connectivity index (χ0v) is 14.7. The van der Waals surface area contributed by atoms with Gasteiger partial charge in [-0.3, -0.25) is 4.79 Å². The number of benzene rings is 1. The Bertz CT molecular complexity index is 671. The highest BCUT2D eigenvalue weighted by atomic mass is 19.1. The molecule has 0 spiro atoms. The van der Waals surface area contributed by atoms with Crippen LogP contribution in [-0.2, 0) is 0 Å². The predicted octanol–water partition coefficient (Wildman–Crippen LogP) is 1.96. The maximum absolute atomic E-state index is 13.0. The van der Waals surface area contributed by atoms with Crippen LogP contribution in [0.4, 0.5) is 4.39 Å². The van der Waals surface area contributed by atoms with Gasteiger partial charge in [-0.25, -0.2) is 9.82 Å². The fraction of sp³-hybridized carbons (Fsp3) is 0.579. The number of amides is 1. The molecule has 0 aliphatic carbocycles. The number of hydrogen-bond donors (Lipinski definition) is 1. The number of piperidine rings is 2. The highest BCUT2D eigenvalue weighted by Gasteiger charge is 2.51. The van der Waals surface area contributed by atoms with Crippen molar-refractivity contribution in [3.05, 3.63) is 35.6 Å². The smallest absolute Gasteiger partial charge is 0.271 e. The first-order valence-corrected chi connectivity index (χ1v) is 9.18. The standard InChI is InChI=1S/C19H25FN4O/c1-2-7-19-12-23-8-9-24(13-19)11-15(10-23)17(19)21-22-18(25)14-3-5-16(20)6-4-14/h3-6,15H,2,7-13H2,1H3,(H,22,25)/b21-17-. The van der Waals surface area contributed by atoms with Crippen LogP contribution in [0.2, 0.25) is 0 Å². The van der Waals surface area contributed by atoms with E-state index in [2.05, 4.69) is 27.3 Å². The van der Waals surface area contributed by atoms with Crippen molar-refractivity contribution in [2.45, 2.75) is 19.8 Å². The normalized spacial score (nSPS) is 35.0. The zero-order valence-electron chi connectivity index (χ0n) is 14.7. The Labute approximate surface area is 147 Å². The lowest BCUT2D eigenvalue weighted by atomic mass is 9.68. The van der Waals surface area contributed by atoms with Crippen molar-refractivity contribution in [1.82, 2.24) is 15.2 Å². The predicted molar refractivity (Wildman–Crippen MR) is 95.0 cm³/mol. The van der Waals surface area contributed by atoms with Crippen LogP contribution in [0.15, 0.2) is 29.4 Å². The number of hydrazone groups is 1. The Kier molecular flexibility index (Phi) is 4.33. The Hall–Kier alpha value is -1.79. The van der Waals surface area contributed by atoms with E-state index < -0.39 is 0 Å². The summed E-state index contributed by atoms with van der Waals surface area (Å²) in [5.41, 5.74) is 4.40. The van der Waals surface area contributed by atoms with Gasteiger partial charge in [0.2, 0.25) is 0 Å². The van der Waals surface area contributed by atoms with Gasteiger partial charge >= 0.3 is 0 Å². The molecule has 0 saturated carbocycles. The summed E-state index contributed by atoms with van der Waals surface area (Å²) in [6.07, 6.45) is 2.21. The van der Waals surface area contributed by atoms with Crippen LogP contribution in [0.3, 0.4) is 0 Å². The minimum atomic E-state index is -0.342. The number of nitrogens with zero attached hydrogens (tertiary/aromatic N) is 3. The molecule has 25 heavy (non-hydrogen) atoms. The van der Waals surface area contributed by atoms with Crippen LogP contribution in [0, 0.1) is 17.2 Å². The van der Waals surface area contributed by atoms with Crippen molar-refractivity contribution in [2.24, 2.45) is 16.4 Å². The topological polar surface area (TPSA) is 47.9 Å². The lowest BCUT2D eigenvalue weighted by molar-refractivity contribution is 0.0940. The molecular weight excluding hydrogens is 319 g/mol. The molecule has 0 aromatic heterocycles. The van der Waals surface area contributed by atoms with Crippen LogP contribution >= 0.6 is 0 Å². The SMILES string of the molecule is CCCC12CN3CCN(CC(C3)/C1=N/NC(=O)c1ccc(F)cc1)C2. The van der Waals surface area contributed by atoms with E-state index in [1.807, 2.05) is 0 Å². The van der Waals surface area contributed by atoms with Crippen molar-refractivity contribution >= 4 is 11.6 Å². The van der Waals surface area contributed by atoms with E-state index in [0.29, 0.717) is 11.5 Å². The number of hydrogen-bond acceptors (Lipinski definition) is 4. The number of nitrogens with one attached hydrogen (secondary N) is 1. The minimum Gasteiger partial charge on any atom is -0.300 e. The van der Waals surface area contributed by atoms with E-state index in [9.17, 15) is 9.18 Å². The Morgan fingerprint density at radius 1 is 1.24 bits per heavy atom. The van der Waals surface area contributed by atoms with E-state index in [1.165, 1.54) is 30.0 Å². The lowest BCUT2D eigenvalue weighted by Gasteiger charge is -2.50. The van der Waals surface area contributed by atoms with Crippen molar-refractivity contribution < 1.29 is 9.18 Å². The molecule has 1 amide bonds. The van der Waals surface area contributed by atoms with E-state index >= 15 is 0 Å². The lowest BCUT2D eigenvalue weighted by Crippen LogP contribution is -2.61. The summed E-state index contributed by atoms with van der Waals surface area (Å²) in [6, 6.07) is 5.58. The van der Waals surface area contributed by atoms with Gasteiger partial charge in [0.15, 0.2) is 0 Å². The summed E-state index contributed by atoms with van der Waals surface area (Å²) in [6.45, 7) is 8.64. The summed E-state index contributed by atoms with van der Waals surface area (Å²) in [4.78, 5) is 17.5. The largest absolute Gasteiger partial charge is 0.300 e. The number of fused-ring (bicyclic) bond motifs is 1. The average molecular weight is 344 g/mol. The van der Waals surface area contributed by atoms with E-state index in [0.717, 1.165) is 52.1 Å². The van der Waals surface area contributed by atoms with Crippen LogP contribution in [0.1, 0.15) is 30.1 Å². The molecule has 6 heteroatoms. The van der Waals surface area contributed by atoms with Crippen molar-refractivity contribution in [1.29, 1.82) is 0 Å². The monoisotopic (exact) mass is 344 g/mol. The second-order valence-corrected chi connectivity index (χ2v) is 7.64. The average Bonchev–Trinajstić information content (AvgIpc) is 2.82. The van der Waals surface area contributed by atoms with Gasteiger partial charge in [0.25, 0.3) is 5.91 Å². The summed E-state index contributed by atoms with van der Waals surface area (Å²) in [5, 5.41) is 4.62. The molecule has 4 heterocycles. The van der Waals surface area contributed by atoms with Crippen molar-refractivity contribution in [3.8, 4) is 0 Å². The molecule has 4 aliphatic rings. The van der Waals surface area contributed by atoms with E-state index in [-0.39, 0.29) is 17.1 Å². The Balaban J connectivity index is 1.58. The molecule has 134 valence electrons. The highest BCUT2D eigenvalue weighted by Crippen LogP contribution is 2.41. The molecule has 2 atom stereocenters.